The molecule has 0 bridgehead atoms. The molecule has 33 heavy (non-hydrogen) atoms. The van der Waals surface area contributed by atoms with Gasteiger partial charge in [-0.3, -0.25) is 0 Å². The molecule has 188 valence electrons. The Morgan fingerprint density at radius 1 is 0.455 bits per heavy atom. The standard InChI is InChI=1S/2C10H8.C2H6O.C2H6S.2C2H6.2CH4.CH3/c2*1-2-6-10-8-4-3-7-9(10)5-1;2*1-3-2;2*1-2;;;/h2*1-8H;2*1-2H3;2*1-2H3;2*1H4;1H3/q;;;;;;;;-1/p+1. The maximum absolute atomic E-state index is 4.25. The van der Waals surface area contributed by atoms with Gasteiger partial charge in [-0.1, -0.05) is 140 Å². The summed E-state index contributed by atoms with van der Waals surface area (Å²) in [5.74, 6) is 0. The van der Waals surface area contributed by atoms with E-state index >= 15 is 0 Å². The van der Waals surface area contributed by atoms with Crippen LogP contribution in [0.15, 0.2) is 97.1 Å². The summed E-state index contributed by atoms with van der Waals surface area (Å²) >= 11 is 1.42. The molecular formula is C31H52OS. The van der Waals surface area contributed by atoms with Crippen LogP contribution in [0.4, 0.5) is 0 Å². The lowest BCUT2D eigenvalue weighted by Crippen LogP contribution is -1.67. The SMILES string of the molecule is C.C.CC.CC.COC.C[SH+]C.[CH3-].c1ccc2ccccc2c1.c1ccc2ccccc2c1. The summed E-state index contributed by atoms with van der Waals surface area (Å²) < 4.78 is 4.25. The first-order valence-corrected chi connectivity index (χ1v) is 12.3. The van der Waals surface area contributed by atoms with Crippen molar-refractivity contribution < 1.29 is 4.74 Å². The van der Waals surface area contributed by atoms with Crippen molar-refractivity contribution in [1.82, 2.24) is 0 Å². The van der Waals surface area contributed by atoms with Crippen LogP contribution in [-0.2, 0) is 16.5 Å². The van der Waals surface area contributed by atoms with Crippen LogP contribution in [0.1, 0.15) is 42.5 Å². The van der Waals surface area contributed by atoms with Gasteiger partial charge in [0.25, 0.3) is 0 Å². The molecule has 0 amide bonds. The van der Waals surface area contributed by atoms with Gasteiger partial charge >= 0.3 is 0 Å². The van der Waals surface area contributed by atoms with Crippen LogP contribution in [0.2, 0.25) is 0 Å². The number of benzene rings is 4. The highest BCUT2D eigenvalue weighted by Crippen LogP contribution is 2.11. The van der Waals surface area contributed by atoms with Crippen molar-refractivity contribution in [2.45, 2.75) is 42.5 Å². The quantitative estimate of drug-likeness (QED) is 0.140. The first-order valence-electron chi connectivity index (χ1n) is 10.5. The molecule has 0 aliphatic carbocycles. The molecule has 2 heteroatoms. The monoisotopic (exact) mass is 472 g/mol. The van der Waals surface area contributed by atoms with Crippen molar-refractivity contribution in [2.24, 2.45) is 0 Å². The van der Waals surface area contributed by atoms with Gasteiger partial charge in [0, 0.05) is 14.2 Å². The van der Waals surface area contributed by atoms with Gasteiger partial charge in [0.15, 0.2) is 0 Å². The van der Waals surface area contributed by atoms with E-state index in [1.54, 1.807) is 14.2 Å². The summed E-state index contributed by atoms with van der Waals surface area (Å²) in [6, 6.07) is 33.4. The highest BCUT2D eigenvalue weighted by molar-refractivity contribution is 7.76. The van der Waals surface area contributed by atoms with E-state index in [1.165, 1.54) is 33.3 Å². The molecular weight excluding hydrogens is 420 g/mol. The van der Waals surface area contributed by atoms with E-state index in [2.05, 4.69) is 114 Å². The van der Waals surface area contributed by atoms with E-state index in [1.807, 2.05) is 27.7 Å². The van der Waals surface area contributed by atoms with E-state index in [4.69, 9.17) is 0 Å². The Morgan fingerprint density at radius 2 is 0.545 bits per heavy atom. The third-order valence-electron chi connectivity index (χ3n) is 3.32. The highest BCUT2D eigenvalue weighted by atomic mass is 32.2. The number of fused-ring (bicyclic) bond motifs is 2. The van der Waals surface area contributed by atoms with Crippen LogP contribution in [0.5, 0.6) is 0 Å². The zero-order valence-corrected chi connectivity index (χ0v) is 22.0. The third kappa shape index (κ3) is 20.1. The fourth-order valence-electron chi connectivity index (χ4n) is 2.27. The fourth-order valence-corrected chi connectivity index (χ4v) is 2.27. The van der Waals surface area contributed by atoms with E-state index in [-0.39, 0.29) is 22.3 Å². The fraction of sp³-hybridized carbons (Fsp3) is 0.323. The number of hydrogen-bond acceptors (Lipinski definition) is 1. The smallest absolute Gasteiger partial charge is 0.0949 e. The van der Waals surface area contributed by atoms with Gasteiger partial charge in [-0.25, -0.2) is 0 Å². The summed E-state index contributed by atoms with van der Waals surface area (Å²) in [5, 5.41) is 5.24. The molecule has 0 N–H and O–H groups in total. The minimum absolute atomic E-state index is 0. The Bertz CT molecular complexity index is 655. The second-order valence-electron chi connectivity index (χ2n) is 5.55. The topological polar surface area (TPSA) is 9.23 Å². The van der Waals surface area contributed by atoms with Crippen molar-refractivity contribution in [3.63, 3.8) is 0 Å². The first-order chi connectivity index (χ1) is 14.8. The molecule has 0 saturated carbocycles. The van der Waals surface area contributed by atoms with Gasteiger partial charge in [0.05, 0.1) is 12.5 Å². The molecule has 0 saturated heterocycles. The minimum atomic E-state index is 0. The van der Waals surface area contributed by atoms with Gasteiger partial charge in [0.1, 0.15) is 0 Å². The maximum atomic E-state index is 4.25. The molecule has 0 heterocycles. The van der Waals surface area contributed by atoms with Crippen molar-refractivity contribution in [3.05, 3.63) is 104 Å². The number of rotatable bonds is 0. The molecule has 4 aromatic carbocycles. The van der Waals surface area contributed by atoms with Crippen molar-refractivity contribution >= 4 is 33.3 Å². The summed E-state index contributed by atoms with van der Waals surface area (Å²) in [6.07, 6.45) is 4.19. The molecule has 0 aliphatic heterocycles. The average Bonchev–Trinajstić information content (AvgIpc) is 2.83. The van der Waals surface area contributed by atoms with Gasteiger partial charge in [0.2, 0.25) is 0 Å². The lowest BCUT2D eigenvalue weighted by molar-refractivity contribution is 0.277. The predicted octanol–water partition coefficient (Wildman–Crippen LogP) is 9.78. The maximum Gasteiger partial charge on any atom is 0.0949 e. The molecule has 0 fully saturated rings. The van der Waals surface area contributed by atoms with Crippen LogP contribution in [0, 0.1) is 7.43 Å². The van der Waals surface area contributed by atoms with Crippen LogP contribution in [-0.4, -0.2) is 26.7 Å². The van der Waals surface area contributed by atoms with Crippen LogP contribution in [0.25, 0.3) is 21.5 Å². The number of hydrogen-bond donors (Lipinski definition) is 0. The Hall–Kier alpha value is -2.29. The molecule has 1 nitrogen and oxygen atoms in total. The lowest BCUT2D eigenvalue weighted by Gasteiger charge is -1.92. The third-order valence-corrected chi connectivity index (χ3v) is 3.32. The molecule has 0 radical (unpaired) electrons. The Balaban J connectivity index is -0.000000108. The van der Waals surface area contributed by atoms with Crippen molar-refractivity contribution in [2.75, 3.05) is 26.7 Å². The minimum Gasteiger partial charge on any atom is -0.388 e. The predicted molar refractivity (Wildman–Crippen MR) is 164 cm³/mol. The number of thiol groups is 1. The normalized spacial score (nSPS) is 7.52. The van der Waals surface area contributed by atoms with Crippen LogP contribution >= 0.6 is 0 Å². The van der Waals surface area contributed by atoms with Crippen LogP contribution < -0.4 is 0 Å². The molecule has 0 aromatic heterocycles. The summed E-state index contributed by atoms with van der Waals surface area (Å²) in [7, 11) is 3.25. The second-order valence-corrected chi connectivity index (χ2v) is 6.44. The Morgan fingerprint density at radius 3 is 0.636 bits per heavy atom. The highest BCUT2D eigenvalue weighted by Gasteiger charge is 1.86. The van der Waals surface area contributed by atoms with Crippen molar-refractivity contribution in [1.29, 1.82) is 0 Å². The number of ether oxygens (including phenoxy) is 1. The van der Waals surface area contributed by atoms with Gasteiger partial charge < -0.3 is 12.2 Å². The molecule has 4 aromatic rings. The molecule has 0 atom stereocenters. The van der Waals surface area contributed by atoms with Crippen LogP contribution in [0.3, 0.4) is 0 Å². The van der Waals surface area contributed by atoms with E-state index in [0.717, 1.165) is 0 Å². The Kier molecular flexibility index (Phi) is 39.6. The van der Waals surface area contributed by atoms with Gasteiger partial charge in [-0.2, -0.15) is 0 Å². The van der Waals surface area contributed by atoms with E-state index in [9.17, 15) is 0 Å². The van der Waals surface area contributed by atoms with Crippen molar-refractivity contribution in [3.8, 4) is 0 Å². The largest absolute Gasteiger partial charge is 0.388 e. The lowest BCUT2D eigenvalue weighted by atomic mass is 10.1. The molecule has 0 unspecified atom stereocenters. The zero-order valence-electron chi connectivity index (χ0n) is 21.1. The molecule has 0 aliphatic rings. The van der Waals surface area contributed by atoms with Gasteiger partial charge in [-0.15, -0.1) is 0 Å². The summed E-state index contributed by atoms with van der Waals surface area (Å²) in [6.45, 7) is 8.00. The van der Waals surface area contributed by atoms with E-state index < -0.39 is 0 Å². The average molecular weight is 473 g/mol. The Labute approximate surface area is 211 Å². The van der Waals surface area contributed by atoms with Gasteiger partial charge in [-0.05, 0) is 33.3 Å². The molecule has 4 rings (SSSR count). The zero-order chi connectivity index (χ0) is 23.0. The van der Waals surface area contributed by atoms with E-state index in [0.29, 0.717) is 0 Å². The number of methoxy groups -OCH3 is 1. The first kappa shape index (κ1) is 41.0. The second kappa shape index (κ2) is 31.9. The summed E-state index contributed by atoms with van der Waals surface area (Å²) in [4.78, 5) is 0. The molecule has 0 spiro atoms. The summed E-state index contributed by atoms with van der Waals surface area (Å²) in [5.41, 5.74) is 0.